The largest absolute Gasteiger partial charge is 0.458 e. The molecule has 42 heavy (non-hydrogen) atoms. The van der Waals surface area contributed by atoms with Crippen molar-refractivity contribution < 1.29 is 43.5 Å². The van der Waals surface area contributed by atoms with Crippen molar-refractivity contribution in [2.45, 2.75) is 62.8 Å². The summed E-state index contributed by atoms with van der Waals surface area (Å²) in [6.07, 6.45) is -0.968. The Morgan fingerprint density at radius 2 is 1.50 bits per heavy atom. The Labute approximate surface area is 243 Å². The van der Waals surface area contributed by atoms with Gasteiger partial charge in [-0.15, -0.1) is 0 Å². The van der Waals surface area contributed by atoms with Crippen LogP contribution < -0.4 is 0 Å². The first-order chi connectivity index (χ1) is 19.9. The normalized spacial score (nSPS) is 37.2. The number of rotatable bonds is 5. The van der Waals surface area contributed by atoms with Crippen LogP contribution >= 0.6 is 0 Å². The molecule has 2 aliphatic heterocycles. The zero-order chi connectivity index (χ0) is 29.9. The highest BCUT2D eigenvalue weighted by molar-refractivity contribution is 5.90. The van der Waals surface area contributed by atoms with Crippen molar-refractivity contribution >= 4 is 17.9 Å². The molecule has 0 aromatic heterocycles. The van der Waals surface area contributed by atoms with E-state index in [9.17, 15) is 24.6 Å². The average molecular weight is 575 g/mol. The lowest BCUT2D eigenvalue weighted by atomic mass is 9.46. The van der Waals surface area contributed by atoms with E-state index in [4.69, 9.17) is 18.9 Å². The van der Waals surface area contributed by atoms with Gasteiger partial charge in [-0.3, -0.25) is 0 Å². The van der Waals surface area contributed by atoms with Crippen molar-refractivity contribution in [3.8, 4) is 0 Å². The number of ether oxygens (including phenoxy) is 4. The third-order valence-corrected chi connectivity index (χ3v) is 9.71. The monoisotopic (exact) mass is 574 g/mol. The van der Waals surface area contributed by atoms with Crippen molar-refractivity contribution in [1.82, 2.24) is 0 Å². The Kier molecular flexibility index (Phi) is 6.87. The SMILES string of the molecule is C=C1CC[C@H]2O[C@@](O)(C3=CC(=O)OC3)C[C@@H]3[C@@H]2[C@@]1(C)[C@@H](OC(=O)c1ccccc1)[C@H](OC(=O)c1ccccc1)[C@]3(C)O. The summed E-state index contributed by atoms with van der Waals surface area (Å²) >= 11 is 0. The van der Waals surface area contributed by atoms with Gasteiger partial charge in [0.1, 0.15) is 12.2 Å². The molecule has 1 saturated heterocycles. The molecule has 0 radical (unpaired) electrons. The molecule has 4 aliphatic rings. The highest BCUT2D eigenvalue weighted by Gasteiger charge is 2.71. The highest BCUT2D eigenvalue weighted by Crippen LogP contribution is 2.64. The summed E-state index contributed by atoms with van der Waals surface area (Å²) in [5.41, 5.74) is -1.19. The van der Waals surface area contributed by atoms with Gasteiger partial charge in [-0.25, -0.2) is 14.4 Å². The molecule has 2 saturated carbocycles. The van der Waals surface area contributed by atoms with E-state index in [0.29, 0.717) is 18.4 Å². The number of benzene rings is 2. The summed E-state index contributed by atoms with van der Waals surface area (Å²) in [5.74, 6) is -4.96. The Hall–Kier alpha value is -3.79. The summed E-state index contributed by atoms with van der Waals surface area (Å²) in [5, 5.41) is 24.2. The zero-order valence-corrected chi connectivity index (χ0v) is 23.5. The van der Waals surface area contributed by atoms with Crippen LogP contribution in [-0.4, -0.2) is 64.4 Å². The highest BCUT2D eigenvalue weighted by atomic mass is 16.6. The van der Waals surface area contributed by atoms with Gasteiger partial charge in [0, 0.05) is 35.3 Å². The fourth-order valence-electron chi connectivity index (χ4n) is 7.40. The van der Waals surface area contributed by atoms with Gasteiger partial charge >= 0.3 is 17.9 Å². The van der Waals surface area contributed by atoms with E-state index < -0.39 is 64.9 Å². The van der Waals surface area contributed by atoms with Gasteiger partial charge in [0.15, 0.2) is 18.0 Å². The molecule has 3 fully saturated rings. The lowest BCUT2D eigenvalue weighted by Crippen LogP contribution is -2.74. The van der Waals surface area contributed by atoms with E-state index in [0.717, 1.165) is 5.57 Å². The predicted molar refractivity (Wildman–Crippen MR) is 149 cm³/mol. The number of hydrogen-bond acceptors (Lipinski definition) is 9. The van der Waals surface area contributed by atoms with Crippen LogP contribution in [-0.2, 0) is 23.7 Å². The molecule has 2 aromatic rings. The number of carbonyl (C=O) groups is 3. The fourth-order valence-corrected chi connectivity index (χ4v) is 7.40. The molecular weight excluding hydrogens is 540 g/mol. The van der Waals surface area contributed by atoms with Gasteiger partial charge in [0.25, 0.3) is 0 Å². The Morgan fingerprint density at radius 3 is 2.05 bits per heavy atom. The molecule has 6 rings (SSSR count). The minimum atomic E-state index is -1.89. The molecule has 0 unspecified atom stereocenters. The summed E-state index contributed by atoms with van der Waals surface area (Å²) in [6, 6.07) is 16.8. The summed E-state index contributed by atoms with van der Waals surface area (Å²) in [7, 11) is 0. The molecule has 2 heterocycles. The van der Waals surface area contributed by atoms with Crippen LogP contribution in [0.1, 0.15) is 53.8 Å². The first-order valence-electron chi connectivity index (χ1n) is 14.2. The lowest BCUT2D eigenvalue weighted by Gasteiger charge is -2.65. The molecule has 2 N–H and O–H groups in total. The Morgan fingerprint density at radius 1 is 0.929 bits per heavy atom. The first kappa shape index (κ1) is 28.3. The number of hydrogen-bond donors (Lipinski definition) is 2. The maximum atomic E-state index is 13.5. The molecule has 0 spiro atoms. The van der Waals surface area contributed by atoms with Gasteiger partial charge in [-0.2, -0.15) is 0 Å². The van der Waals surface area contributed by atoms with Gasteiger partial charge in [0.2, 0.25) is 0 Å². The lowest BCUT2D eigenvalue weighted by molar-refractivity contribution is -0.333. The van der Waals surface area contributed by atoms with Crippen LogP contribution in [0.25, 0.3) is 0 Å². The fraction of sp³-hybridized carbons (Fsp3) is 0.424. The molecule has 9 heteroatoms. The van der Waals surface area contributed by atoms with Crippen LogP contribution in [0.5, 0.6) is 0 Å². The second-order valence-corrected chi connectivity index (χ2v) is 12.1. The topological polar surface area (TPSA) is 129 Å². The van der Waals surface area contributed by atoms with E-state index in [1.165, 1.54) is 13.0 Å². The number of cyclic esters (lactones) is 1. The smallest absolute Gasteiger partial charge is 0.338 e. The van der Waals surface area contributed by atoms with Crippen molar-refractivity contribution in [1.29, 1.82) is 0 Å². The second-order valence-electron chi connectivity index (χ2n) is 12.1. The first-order valence-corrected chi connectivity index (χ1v) is 14.2. The standard InChI is InChI=1S/C33H34O9/c1-19-14-15-24-26-23(17-33(38,42-24)22-16-25(34)39-18-22)32(3,37)28(41-30(36)21-12-8-5-9-13-21)27(31(19,26)2)40-29(35)20-10-6-4-7-11-20/h4-13,16,23-24,26-28,37-38H,1,14-15,17-18H2,2-3H3/t23-,24-,26+,27+,28+,31+,32-,33-/m1/s1. The molecule has 9 nitrogen and oxygen atoms in total. The van der Waals surface area contributed by atoms with Gasteiger partial charge < -0.3 is 29.2 Å². The van der Waals surface area contributed by atoms with Crippen LogP contribution in [0.15, 0.2) is 84.5 Å². The minimum absolute atomic E-state index is 0.106. The predicted octanol–water partition coefficient (Wildman–Crippen LogP) is 3.75. The molecule has 8 atom stereocenters. The third-order valence-electron chi connectivity index (χ3n) is 9.71. The average Bonchev–Trinajstić information content (AvgIpc) is 3.43. The minimum Gasteiger partial charge on any atom is -0.458 e. The molecular formula is C33H34O9. The van der Waals surface area contributed by atoms with Gasteiger partial charge in [0.05, 0.1) is 17.2 Å². The summed E-state index contributed by atoms with van der Waals surface area (Å²) in [6.45, 7) is 7.67. The van der Waals surface area contributed by atoms with Crippen molar-refractivity contribution in [3.05, 3.63) is 95.6 Å². The molecule has 2 aromatic carbocycles. The molecule has 0 bridgehead atoms. The van der Waals surface area contributed by atoms with E-state index in [-0.39, 0.29) is 24.2 Å². The van der Waals surface area contributed by atoms with Crippen LogP contribution in [0.3, 0.4) is 0 Å². The van der Waals surface area contributed by atoms with Crippen LogP contribution in [0.2, 0.25) is 0 Å². The Bertz CT molecular complexity index is 1450. The zero-order valence-electron chi connectivity index (χ0n) is 23.5. The van der Waals surface area contributed by atoms with Crippen molar-refractivity contribution in [2.75, 3.05) is 6.61 Å². The van der Waals surface area contributed by atoms with E-state index in [1.54, 1.807) is 60.7 Å². The molecule has 220 valence electrons. The quantitative estimate of drug-likeness (QED) is 0.312. The van der Waals surface area contributed by atoms with Crippen molar-refractivity contribution in [2.24, 2.45) is 17.3 Å². The number of esters is 3. The van der Waals surface area contributed by atoms with Gasteiger partial charge in [-0.1, -0.05) is 55.5 Å². The summed E-state index contributed by atoms with van der Waals surface area (Å²) in [4.78, 5) is 38.9. The maximum absolute atomic E-state index is 13.5. The van der Waals surface area contributed by atoms with Gasteiger partial charge in [-0.05, 0) is 44.0 Å². The second kappa shape index (κ2) is 10.2. The number of aliphatic hydroxyl groups is 2. The maximum Gasteiger partial charge on any atom is 0.338 e. The third kappa shape index (κ3) is 4.47. The van der Waals surface area contributed by atoms with Crippen molar-refractivity contribution in [3.63, 3.8) is 0 Å². The van der Waals surface area contributed by atoms with E-state index >= 15 is 0 Å². The van der Waals surface area contributed by atoms with E-state index in [1.807, 2.05) is 6.92 Å². The van der Waals surface area contributed by atoms with Crippen LogP contribution in [0, 0.1) is 17.3 Å². The molecule has 2 aliphatic carbocycles. The van der Waals surface area contributed by atoms with Crippen LogP contribution in [0.4, 0.5) is 0 Å². The Balaban J connectivity index is 1.46. The number of carbonyl (C=O) groups excluding carboxylic acids is 3. The summed E-state index contributed by atoms with van der Waals surface area (Å²) < 4.78 is 23.7. The molecule has 0 amide bonds. The van der Waals surface area contributed by atoms with E-state index in [2.05, 4.69) is 6.58 Å².